The molecule has 0 fully saturated rings. The van der Waals surface area contributed by atoms with Gasteiger partial charge in [-0.3, -0.25) is 0 Å². The highest BCUT2D eigenvalue weighted by Gasteiger charge is 1.76. The van der Waals surface area contributed by atoms with Crippen molar-refractivity contribution in [2.75, 3.05) is 5.73 Å². The van der Waals surface area contributed by atoms with E-state index in [1.165, 1.54) is 12.1 Å². The third kappa shape index (κ3) is 0.904. The van der Waals surface area contributed by atoms with Crippen LogP contribution in [0.4, 0.5) is 5.69 Å². The second-order valence-electron chi connectivity index (χ2n) is 1.57. The van der Waals surface area contributed by atoms with Crippen LogP contribution in [0.3, 0.4) is 0 Å². The van der Waals surface area contributed by atoms with Gasteiger partial charge in [-0.2, -0.15) is 0 Å². The zero-order valence-electron chi connectivity index (χ0n) is 4.29. The van der Waals surface area contributed by atoms with Crippen LogP contribution in [-0.4, -0.2) is 0 Å². The van der Waals surface area contributed by atoms with Gasteiger partial charge in [-0.15, -0.1) is 5.75 Å². The van der Waals surface area contributed by atoms with Gasteiger partial charge >= 0.3 is 0 Å². The van der Waals surface area contributed by atoms with E-state index in [1.54, 1.807) is 12.1 Å². The lowest BCUT2D eigenvalue weighted by molar-refractivity contribution is -0.268. The van der Waals surface area contributed by atoms with E-state index in [0.717, 1.165) is 0 Å². The van der Waals surface area contributed by atoms with Crippen LogP contribution in [0.2, 0.25) is 0 Å². The maximum absolute atomic E-state index is 10.4. The number of nitrogens with two attached hydrogens (primary N) is 1. The normalized spacial score (nSPS) is 9.00. The number of benzene rings is 1. The van der Waals surface area contributed by atoms with Gasteiger partial charge in [0, 0.05) is 5.69 Å². The van der Waals surface area contributed by atoms with Gasteiger partial charge in [-0.1, -0.05) is 12.1 Å². The minimum atomic E-state index is -0.0370. The molecule has 0 spiro atoms. The summed E-state index contributed by atoms with van der Waals surface area (Å²) in [6.07, 6.45) is 0. The number of anilines is 1. The Morgan fingerprint density at radius 1 is 1.38 bits per heavy atom. The predicted molar refractivity (Wildman–Crippen MR) is 30.3 cm³/mol. The highest BCUT2D eigenvalue weighted by Crippen LogP contribution is 2.07. The first-order chi connectivity index (χ1) is 3.79. The fourth-order valence-electron chi connectivity index (χ4n) is 0.515. The van der Waals surface area contributed by atoms with Gasteiger partial charge in [0.25, 0.3) is 0 Å². The Labute approximate surface area is 47.6 Å². The molecule has 2 N–H and O–H groups in total. The van der Waals surface area contributed by atoms with E-state index >= 15 is 0 Å². The van der Waals surface area contributed by atoms with Crippen molar-refractivity contribution in [3.8, 4) is 5.75 Å². The van der Waals surface area contributed by atoms with Gasteiger partial charge in [-0.25, -0.2) is 0 Å². The molecule has 2 nitrogen and oxygen atoms in total. The predicted octanol–water partition coefficient (Wildman–Crippen LogP) is 0.342. The highest BCUT2D eigenvalue weighted by molar-refractivity contribution is 5.42. The maximum atomic E-state index is 10.4. The second kappa shape index (κ2) is 1.74. The third-order valence-corrected chi connectivity index (χ3v) is 0.858. The Hall–Kier alpha value is -1.18. The van der Waals surface area contributed by atoms with Crippen LogP contribution in [0.15, 0.2) is 24.3 Å². The average Bonchev–Trinajstić information content (AvgIpc) is 1.64. The van der Waals surface area contributed by atoms with Gasteiger partial charge in [0.2, 0.25) is 0 Å². The number of hydrogen-bond acceptors (Lipinski definition) is 2. The van der Waals surface area contributed by atoms with Crippen molar-refractivity contribution in [1.82, 2.24) is 0 Å². The molecule has 0 amide bonds. The summed E-state index contributed by atoms with van der Waals surface area (Å²) in [7, 11) is 0. The second-order valence-corrected chi connectivity index (χ2v) is 1.57. The van der Waals surface area contributed by atoms with E-state index in [2.05, 4.69) is 0 Å². The summed E-state index contributed by atoms with van der Waals surface area (Å²) in [5.74, 6) is -0.0370. The lowest BCUT2D eigenvalue weighted by Crippen LogP contribution is -1.90. The molecule has 8 heavy (non-hydrogen) atoms. The highest BCUT2D eigenvalue weighted by atomic mass is 16.3. The van der Waals surface area contributed by atoms with E-state index in [9.17, 15) is 5.11 Å². The summed E-state index contributed by atoms with van der Waals surface area (Å²) >= 11 is 0. The minimum absolute atomic E-state index is 0.0370. The fraction of sp³-hybridized carbons (Fsp3) is 0. The molecule has 1 aromatic rings. The first-order valence-electron chi connectivity index (χ1n) is 2.31. The fourth-order valence-corrected chi connectivity index (χ4v) is 0.515. The Morgan fingerprint density at radius 3 is 2.50 bits per heavy atom. The SMILES string of the molecule is Nc1cccc([O-])c1. The van der Waals surface area contributed by atoms with Crippen molar-refractivity contribution in [2.45, 2.75) is 0 Å². The number of rotatable bonds is 0. The molecule has 0 aliphatic heterocycles. The maximum Gasteiger partial charge on any atom is 0.0307 e. The first kappa shape index (κ1) is 4.97. The molecule has 1 rings (SSSR count). The van der Waals surface area contributed by atoms with E-state index in [4.69, 9.17) is 5.73 Å². The van der Waals surface area contributed by atoms with Gasteiger partial charge in [0.05, 0.1) is 0 Å². The molecule has 1 aromatic carbocycles. The van der Waals surface area contributed by atoms with Crippen LogP contribution in [0, 0.1) is 0 Å². The Morgan fingerprint density at radius 2 is 2.12 bits per heavy atom. The largest absolute Gasteiger partial charge is 0.872 e. The average molecular weight is 108 g/mol. The molecular formula is C6H6NO-. The van der Waals surface area contributed by atoms with Crippen LogP contribution in [0.25, 0.3) is 0 Å². The summed E-state index contributed by atoms with van der Waals surface area (Å²) in [6.45, 7) is 0. The molecule has 0 saturated carbocycles. The van der Waals surface area contributed by atoms with Crippen molar-refractivity contribution >= 4 is 5.69 Å². The lowest BCUT2D eigenvalue weighted by Gasteiger charge is -2.02. The van der Waals surface area contributed by atoms with E-state index < -0.39 is 0 Å². The molecule has 2 heteroatoms. The zero-order valence-corrected chi connectivity index (χ0v) is 4.29. The van der Waals surface area contributed by atoms with E-state index in [0.29, 0.717) is 5.69 Å². The summed E-state index contributed by atoms with van der Waals surface area (Å²) in [5, 5.41) is 10.4. The van der Waals surface area contributed by atoms with Crippen LogP contribution >= 0.6 is 0 Å². The quantitative estimate of drug-likeness (QED) is 0.487. The standard InChI is InChI=1S/C6H7NO/c7-5-2-1-3-6(8)4-5/h1-4,8H,7H2/p-1. The zero-order chi connectivity index (χ0) is 5.98. The molecule has 0 aliphatic carbocycles. The van der Waals surface area contributed by atoms with Crippen LogP contribution < -0.4 is 10.8 Å². The van der Waals surface area contributed by atoms with Gasteiger partial charge in [0.1, 0.15) is 0 Å². The monoisotopic (exact) mass is 108 g/mol. The number of nitrogen functional groups attached to an aromatic ring is 1. The summed E-state index contributed by atoms with van der Waals surface area (Å²) in [4.78, 5) is 0. The van der Waals surface area contributed by atoms with Crippen molar-refractivity contribution in [2.24, 2.45) is 0 Å². The van der Waals surface area contributed by atoms with Crippen molar-refractivity contribution in [3.63, 3.8) is 0 Å². The van der Waals surface area contributed by atoms with Crippen LogP contribution in [0.5, 0.6) is 5.75 Å². The Balaban J connectivity index is 3.08. The smallest absolute Gasteiger partial charge is 0.0307 e. The van der Waals surface area contributed by atoms with Crippen LogP contribution in [0.1, 0.15) is 0 Å². The molecular weight excluding hydrogens is 102 g/mol. The topological polar surface area (TPSA) is 49.1 Å². The molecule has 0 atom stereocenters. The van der Waals surface area contributed by atoms with E-state index in [-0.39, 0.29) is 5.75 Å². The summed E-state index contributed by atoms with van der Waals surface area (Å²) in [5.41, 5.74) is 5.78. The molecule has 0 saturated heterocycles. The molecule has 0 aromatic heterocycles. The lowest BCUT2D eigenvalue weighted by atomic mass is 10.3. The summed E-state index contributed by atoms with van der Waals surface area (Å²) < 4.78 is 0. The molecule has 0 bridgehead atoms. The number of hydrogen-bond donors (Lipinski definition) is 1. The molecule has 0 radical (unpaired) electrons. The van der Waals surface area contributed by atoms with Gasteiger partial charge in [-0.05, 0) is 12.1 Å². The van der Waals surface area contributed by atoms with Crippen molar-refractivity contribution in [3.05, 3.63) is 24.3 Å². The van der Waals surface area contributed by atoms with Gasteiger partial charge in [0.15, 0.2) is 0 Å². The Kier molecular flexibility index (Phi) is 1.08. The molecule has 0 aliphatic rings. The van der Waals surface area contributed by atoms with E-state index in [1.807, 2.05) is 0 Å². The Bertz CT molecular complexity index is 168. The van der Waals surface area contributed by atoms with Crippen molar-refractivity contribution in [1.29, 1.82) is 0 Å². The molecule has 42 valence electrons. The minimum Gasteiger partial charge on any atom is -0.872 e. The third-order valence-electron chi connectivity index (χ3n) is 0.858. The van der Waals surface area contributed by atoms with Crippen molar-refractivity contribution < 1.29 is 5.11 Å². The van der Waals surface area contributed by atoms with Crippen LogP contribution in [-0.2, 0) is 0 Å². The molecule has 0 heterocycles. The molecule has 0 unspecified atom stereocenters. The summed E-state index contributed by atoms with van der Waals surface area (Å²) in [6, 6.07) is 6.18. The first-order valence-corrected chi connectivity index (χ1v) is 2.31. The van der Waals surface area contributed by atoms with Gasteiger partial charge < -0.3 is 10.8 Å².